The second-order valence-electron chi connectivity index (χ2n) is 2.87. The van der Waals surface area contributed by atoms with Crippen LogP contribution in [0.15, 0.2) is 12.3 Å². The molecule has 7 nitrogen and oxygen atoms in total. The number of rotatable bonds is 8. The van der Waals surface area contributed by atoms with Crippen LogP contribution in [-0.4, -0.2) is 71.6 Å². The number of aliphatic hydroxyl groups is 1. The molecule has 0 spiro atoms. The first kappa shape index (κ1) is 20.2. The van der Waals surface area contributed by atoms with Crippen molar-refractivity contribution in [1.82, 2.24) is 0 Å². The van der Waals surface area contributed by atoms with Gasteiger partial charge >= 0.3 is 17.6 Å². The molecule has 0 rings (SSSR count). The van der Waals surface area contributed by atoms with E-state index in [2.05, 4.69) is 6.58 Å². The van der Waals surface area contributed by atoms with Gasteiger partial charge in [0.05, 0.1) is 0 Å². The molecule has 0 atom stereocenters. The Hall–Kier alpha value is -0.106. The maximum Gasteiger partial charge on any atom is 0.528 e. The summed E-state index contributed by atoms with van der Waals surface area (Å²) in [6, 6.07) is 0. The first-order valence-corrected chi connectivity index (χ1v) is 8.77. The molecule has 0 heterocycles. The standard InChI is InChI=1S/C5H12O3Si.C4H12O4Si/c1-5-9(6-2,7-3)8-4;1-6-9(4-5,7-2)8-3/h5H,1H2,2-4H3;5H,4H2,1-3H3. The van der Waals surface area contributed by atoms with Crippen LogP contribution in [0, 0.1) is 0 Å². The van der Waals surface area contributed by atoms with E-state index in [-0.39, 0.29) is 6.23 Å². The summed E-state index contributed by atoms with van der Waals surface area (Å²) in [5, 5.41) is 8.66. The van der Waals surface area contributed by atoms with Gasteiger partial charge in [-0.25, -0.2) is 0 Å². The van der Waals surface area contributed by atoms with E-state index in [4.69, 9.17) is 31.7 Å². The lowest BCUT2D eigenvalue weighted by Gasteiger charge is -2.21. The van der Waals surface area contributed by atoms with Crippen LogP contribution in [0.5, 0.6) is 0 Å². The van der Waals surface area contributed by atoms with Crippen LogP contribution in [-0.2, 0) is 26.6 Å². The quantitative estimate of drug-likeness (QED) is 0.632. The highest BCUT2D eigenvalue weighted by Gasteiger charge is 2.36. The van der Waals surface area contributed by atoms with Crippen molar-refractivity contribution in [1.29, 1.82) is 0 Å². The summed E-state index contributed by atoms with van der Waals surface area (Å²) in [7, 11) is 3.93. The van der Waals surface area contributed by atoms with E-state index in [1.807, 2.05) is 0 Å². The summed E-state index contributed by atoms with van der Waals surface area (Å²) in [6.07, 6.45) is -0.184. The Labute approximate surface area is 111 Å². The van der Waals surface area contributed by atoms with Crippen LogP contribution < -0.4 is 0 Å². The molecule has 0 aliphatic heterocycles. The second-order valence-corrected chi connectivity index (χ2v) is 8.62. The molecule has 0 radical (unpaired) electrons. The highest BCUT2D eigenvalue weighted by molar-refractivity contribution is 6.66. The monoisotopic (exact) mass is 300 g/mol. The molecule has 9 heteroatoms. The minimum atomic E-state index is -2.64. The fourth-order valence-corrected chi connectivity index (χ4v) is 2.83. The highest BCUT2D eigenvalue weighted by atomic mass is 28.4. The number of aliphatic hydroxyl groups excluding tert-OH is 1. The van der Waals surface area contributed by atoms with Gasteiger partial charge < -0.3 is 31.7 Å². The summed E-state index contributed by atoms with van der Waals surface area (Å²) >= 11 is 0. The van der Waals surface area contributed by atoms with E-state index in [9.17, 15) is 0 Å². The molecule has 0 aliphatic rings. The molecule has 0 aromatic carbocycles. The van der Waals surface area contributed by atoms with Crippen molar-refractivity contribution in [3.05, 3.63) is 12.3 Å². The maximum atomic E-state index is 8.66. The van der Waals surface area contributed by atoms with Gasteiger partial charge in [-0.15, -0.1) is 0 Å². The summed E-state index contributed by atoms with van der Waals surface area (Å²) < 4.78 is 29.4. The molecule has 0 aliphatic carbocycles. The van der Waals surface area contributed by atoms with Crippen molar-refractivity contribution in [3.63, 3.8) is 0 Å². The minimum absolute atomic E-state index is 0.184. The zero-order valence-electron chi connectivity index (χ0n) is 11.9. The third kappa shape index (κ3) is 6.18. The molecule has 0 saturated heterocycles. The van der Waals surface area contributed by atoms with Crippen molar-refractivity contribution in [3.8, 4) is 0 Å². The van der Waals surface area contributed by atoms with E-state index in [0.717, 1.165) is 0 Å². The molecule has 0 aromatic heterocycles. The Morgan fingerprint density at radius 2 is 1.17 bits per heavy atom. The topological polar surface area (TPSA) is 75.6 Å². The summed E-state index contributed by atoms with van der Waals surface area (Å²) in [5.41, 5.74) is 1.58. The van der Waals surface area contributed by atoms with Crippen LogP contribution in [0.3, 0.4) is 0 Å². The predicted molar refractivity (Wildman–Crippen MR) is 70.8 cm³/mol. The van der Waals surface area contributed by atoms with Gasteiger partial charge in [-0.1, -0.05) is 6.58 Å². The highest BCUT2D eigenvalue weighted by Crippen LogP contribution is 2.05. The van der Waals surface area contributed by atoms with Crippen molar-refractivity contribution in [2.75, 3.05) is 48.9 Å². The zero-order chi connectivity index (χ0) is 14.7. The van der Waals surface area contributed by atoms with Crippen molar-refractivity contribution >= 4 is 17.6 Å². The Kier molecular flexibility index (Phi) is 12.1. The van der Waals surface area contributed by atoms with Gasteiger partial charge in [0.15, 0.2) is 0 Å². The Morgan fingerprint density at radius 1 is 0.833 bits per heavy atom. The van der Waals surface area contributed by atoms with E-state index in [1.165, 1.54) is 21.3 Å². The Bertz CT molecular complexity index is 181. The minimum Gasteiger partial charge on any atom is -0.392 e. The average molecular weight is 300 g/mol. The smallest absolute Gasteiger partial charge is 0.392 e. The Balaban J connectivity index is 0. The van der Waals surface area contributed by atoms with Crippen LogP contribution in [0.2, 0.25) is 0 Å². The first-order chi connectivity index (χ1) is 8.49. The molecule has 1 N–H and O–H groups in total. The van der Waals surface area contributed by atoms with Gasteiger partial charge in [0.25, 0.3) is 0 Å². The van der Waals surface area contributed by atoms with Gasteiger partial charge in [-0.2, -0.15) is 0 Å². The molecular formula is C9H24O7Si2. The summed E-state index contributed by atoms with van der Waals surface area (Å²) in [6.45, 7) is 3.53. The SMILES string of the molecule is C=C[Si](OC)(OC)OC.CO[Si](CO)(OC)OC. The molecule has 0 amide bonds. The molecule has 0 saturated carbocycles. The maximum absolute atomic E-state index is 8.66. The lowest BCUT2D eigenvalue weighted by molar-refractivity contribution is 0.0953. The number of hydrogen-bond donors (Lipinski definition) is 1. The third-order valence-electron chi connectivity index (χ3n) is 2.23. The van der Waals surface area contributed by atoms with Gasteiger partial charge in [-0.05, 0) is 5.70 Å². The predicted octanol–water partition coefficient (Wildman–Crippen LogP) is -0.0143. The summed E-state index contributed by atoms with van der Waals surface area (Å²) in [4.78, 5) is 0. The van der Waals surface area contributed by atoms with Gasteiger partial charge in [0.1, 0.15) is 6.23 Å². The van der Waals surface area contributed by atoms with Crippen LogP contribution in [0.4, 0.5) is 0 Å². The fourth-order valence-electron chi connectivity index (χ4n) is 0.944. The fraction of sp³-hybridized carbons (Fsp3) is 0.778. The summed E-state index contributed by atoms with van der Waals surface area (Å²) in [5.74, 6) is 0. The Morgan fingerprint density at radius 3 is 1.17 bits per heavy atom. The van der Waals surface area contributed by atoms with Gasteiger partial charge in [-0.3, -0.25) is 0 Å². The molecule has 0 aromatic rings. The lowest BCUT2D eigenvalue weighted by Crippen LogP contribution is -2.47. The van der Waals surface area contributed by atoms with Crippen molar-refractivity contribution in [2.24, 2.45) is 0 Å². The third-order valence-corrected chi connectivity index (χ3v) is 6.69. The first-order valence-electron chi connectivity index (χ1n) is 5.04. The van der Waals surface area contributed by atoms with E-state index in [0.29, 0.717) is 0 Å². The van der Waals surface area contributed by atoms with Crippen LogP contribution in [0.1, 0.15) is 0 Å². The molecule has 18 heavy (non-hydrogen) atoms. The van der Waals surface area contributed by atoms with Crippen molar-refractivity contribution in [2.45, 2.75) is 0 Å². The van der Waals surface area contributed by atoms with Gasteiger partial charge in [0.2, 0.25) is 0 Å². The average Bonchev–Trinajstić information content (AvgIpc) is 2.46. The number of hydrogen-bond acceptors (Lipinski definition) is 7. The molecule has 0 bridgehead atoms. The van der Waals surface area contributed by atoms with Crippen LogP contribution >= 0.6 is 0 Å². The molecule has 110 valence electrons. The van der Waals surface area contributed by atoms with Crippen LogP contribution in [0.25, 0.3) is 0 Å². The van der Waals surface area contributed by atoms with E-state index >= 15 is 0 Å². The largest absolute Gasteiger partial charge is 0.528 e. The van der Waals surface area contributed by atoms with Gasteiger partial charge in [0, 0.05) is 42.7 Å². The zero-order valence-corrected chi connectivity index (χ0v) is 13.9. The lowest BCUT2D eigenvalue weighted by atomic mass is 11.3. The molecular weight excluding hydrogens is 276 g/mol. The van der Waals surface area contributed by atoms with E-state index in [1.54, 1.807) is 27.0 Å². The molecule has 0 fully saturated rings. The normalized spacial score (nSPS) is 11.7. The second kappa shape index (κ2) is 10.8. The molecule has 0 unspecified atom stereocenters. The van der Waals surface area contributed by atoms with Crippen molar-refractivity contribution < 1.29 is 31.7 Å². The van der Waals surface area contributed by atoms with E-state index < -0.39 is 17.6 Å².